The van der Waals surface area contributed by atoms with Crippen molar-refractivity contribution in [1.82, 2.24) is 15.3 Å². The maximum absolute atomic E-state index is 12.3. The van der Waals surface area contributed by atoms with Crippen LogP contribution in [-0.2, 0) is 11.3 Å². The molecule has 0 spiro atoms. The fraction of sp³-hybridized carbons (Fsp3) is 0.522. The van der Waals surface area contributed by atoms with Crippen LogP contribution in [0.15, 0.2) is 36.7 Å². The third-order valence-electron chi connectivity index (χ3n) is 5.40. The lowest BCUT2D eigenvalue weighted by atomic mass is 9.93. The molecule has 6 nitrogen and oxygen atoms in total. The number of carbonyl (C=O) groups is 1. The van der Waals surface area contributed by atoms with Crippen LogP contribution in [0.25, 0.3) is 0 Å². The molecule has 156 valence electrons. The fourth-order valence-corrected chi connectivity index (χ4v) is 3.82. The number of piperidine rings is 1. The molecule has 0 bridgehead atoms. The lowest BCUT2D eigenvalue weighted by molar-refractivity contribution is -0.121. The number of anilines is 2. The summed E-state index contributed by atoms with van der Waals surface area (Å²) in [4.78, 5) is 23.4. The van der Waals surface area contributed by atoms with Crippen molar-refractivity contribution in [3.8, 4) is 0 Å². The number of hydrogen-bond donors (Lipinski definition) is 2. The quantitative estimate of drug-likeness (QED) is 0.673. The van der Waals surface area contributed by atoms with Crippen LogP contribution in [0.2, 0.25) is 0 Å². The molecule has 1 saturated heterocycles. The summed E-state index contributed by atoms with van der Waals surface area (Å²) in [7, 11) is 0. The highest BCUT2D eigenvalue weighted by atomic mass is 16.1. The van der Waals surface area contributed by atoms with E-state index in [9.17, 15) is 4.79 Å². The number of nitrogens with one attached hydrogen (secondary N) is 2. The Morgan fingerprint density at radius 3 is 3.00 bits per heavy atom. The van der Waals surface area contributed by atoms with Crippen molar-refractivity contribution in [2.24, 2.45) is 5.92 Å². The molecule has 1 atom stereocenters. The van der Waals surface area contributed by atoms with Gasteiger partial charge in [-0.3, -0.25) is 4.79 Å². The summed E-state index contributed by atoms with van der Waals surface area (Å²) in [6.45, 7) is 7.69. The van der Waals surface area contributed by atoms with Crippen LogP contribution < -0.4 is 15.5 Å². The van der Waals surface area contributed by atoms with E-state index in [2.05, 4.69) is 57.5 Å². The number of hydrogen-bond acceptors (Lipinski definition) is 5. The zero-order valence-corrected chi connectivity index (χ0v) is 17.7. The van der Waals surface area contributed by atoms with E-state index < -0.39 is 0 Å². The van der Waals surface area contributed by atoms with Crippen molar-refractivity contribution < 1.29 is 4.79 Å². The second-order valence-electron chi connectivity index (χ2n) is 7.95. The molecule has 1 fully saturated rings. The fourth-order valence-electron chi connectivity index (χ4n) is 3.82. The summed E-state index contributed by atoms with van der Waals surface area (Å²) in [5.74, 6) is 2.52. The highest BCUT2D eigenvalue weighted by Gasteiger charge is 2.22. The molecule has 1 aliphatic rings. The summed E-state index contributed by atoms with van der Waals surface area (Å²) in [6.07, 6.45) is 6.51. The third kappa shape index (κ3) is 6.73. The largest absolute Gasteiger partial charge is 0.370 e. The van der Waals surface area contributed by atoms with Gasteiger partial charge in [-0.05, 0) is 44.1 Å². The first-order valence-electron chi connectivity index (χ1n) is 10.8. The van der Waals surface area contributed by atoms with Crippen molar-refractivity contribution in [1.29, 1.82) is 0 Å². The Balaban J connectivity index is 1.45. The first-order valence-corrected chi connectivity index (χ1v) is 10.8. The van der Waals surface area contributed by atoms with Crippen molar-refractivity contribution in [2.75, 3.05) is 29.9 Å². The minimum atomic E-state index is 0.136. The predicted octanol–water partition coefficient (Wildman–Crippen LogP) is 3.92. The maximum Gasteiger partial charge on any atom is 0.220 e. The van der Waals surface area contributed by atoms with Crippen LogP contribution in [-0.4, -0.2) is 35.5 Å². The summed E-state index contributed by atoms with van der Waals surface area (Å²) < 4.78 is 0. The number of nitrogens with zero attached hydrogens (tertiary/aromatic N) is 3. The van der Waals surface area contributed by atoms with Gasteiger partial charge in [0.25, 0.3) is 0 Å². The molecule has 2 aromatic rings. The molecule has 3 rings (SSSR count). The highest BCUT2D eigenvalue weighted by molar-refractivity contribution is 5.75. The molecular formula is C23H33N5O. The summed E-state index contributed by atoms with van der Waals surface area (Å²) in [5.41, 5.74) is 2.37. The van der Waals surface area contributed by atoms with Gasteiger partial charge < -0.3 is 15.5 Å². The van der Waals surface area contributed by atoms with E-state index in [0.717, 1.165) is 56.1 Å². The van der Waals surface area contributed by atoms with Gasteiger partial charge in [-0.25, -0.2) is 9.97 Å². The summed E-state index contributed by atoms with van der Waals surface area (Å²) in [5, 5.41) is 6.38. The molecule has 0 radical (unpaired) electrons. The second-order valence-corrected chi connectivity index (χ2v) is 7.95. The van der Waals surface area contributed by atoms with Crippen LogP contribution in [0.5, 0.6) is 0 Å². The van der Waals surface area contributed by atoms with Crippen molar-refractivity contribution in [3.63, 3.8) is 0 Å². The number of aryl methyl sites for hydroxylation is 1. The average Bonchev–Trinajstić information content (AvgIpc) is 2.75. The Morgan fingerprint density at radius 1 is 1.28 bits per heavy atom. The van der Waals surface area contributed by atoms with Crippen molar-refractivity contribution in [3.05, 3.63) is 47.8 Å². The topological polar surface area (TPSA) is 70.2 Å². The molecule has 2 N–H and O–H groups in total. The molecule has 0 saturated carbocycles. The molecule has 1 aliphatic heterocycles. The number of amides is 1. The SMILES string of the molecule is CCCNc1cc(N2CCCC(CCC(=O)NCc3cccc(C)c3)C2)ncn1. The van der Waals surface area contributed by atoms with Gasteiger partial charge in [-0.1, -0.05) is 36.8 Å². The lowest BCUT2D eigenvalue weighted by Gasteiger charge is -2.33. The van der Waals surface area contributed by atoms with E-state index in [-0.39, 0.29) is 5.91 Å². The molecule has 1 unspecified atom stereocenters. The van der Waals surface area contributed by atoms with Gasteiger partial charge in [-0.15, -0.1) is 0 Å². The Hall–Kier alpha value is -2.63. The monoisotopic (exact) mass is 395 g/mol. The van der Waals surface area contributed by atoms with E-state index in [4.69, 9.17) is 0 Å². The smallest absolute Gasteiger partial charge is 0.220 e. The molecular weight excluding hydrogens is 362 g/mol. The third-order valence-corrected chi connectivity index (χ3v) is 5.40. The number of aromatic nitrogens is 2. The minimum absolute atomic E-state index is 0.136. The number of benzene rings is 1. The first-order chi connectivity index (χ1) is 14.1. The van der Waals surface area contributed by atoms with E-state index in [1.54, 1.807) is 6.33 Å². The normalized spacial score (nSPS) is 16.5. The van der Waals surface area contributed by atoms with Crippen LogP contribution in [0.1, 0.15) is 50.2 Å². The first kappa shape index (κ1) is 21.1. The molecule has 1 amide bonds. The summed E-state index contributed by atoms with van der Waals surface area (Å²) in [6, 6.07) is 10.3. The van der Waals surface area contributed by atoms with Crippen LogP contribution in [0.4, 0.5) is 11.6 Å². The Kier molecular flexibility index (Phi) is 7.85. The summed E-state index contributed by atoms with van der Waals surface area (Å²) >= 11 is 0. The van der Waals surface area contributed by atoms with Gasteiger partial charge >= 0.3 is 0 Å². The van der Waals surface area contributed by atoms with Crippen molar-refractivity contribution >= 4 is 17.5 Å². The van der Waals surface area contributed by atoms with E-state index in [0.29, 0.717) is 18.9 Å². The van der Waals surface area contributed by atoms with Gasteiger partial charge in [-0.2, -0.15) is 0 Å². The molecule has 29 heavy (non-hydrogen) atoms. The molecule has 1 aromatic carbocycles. The van der Waals surface area contributed by atoms with E-state index in [1.807, 2.05) is 12.1 Å². The van der Waals surface area contributed by atoms with Crippen LogP contribution in [0, 0.1) is 12.8 Å². The Bertz CT molecular complexity index is 794. The minimum Gasteiger partial charge on any atom is -0.370 e. The standard InChI is InChI=1S/C23H33N5O/c1-3-11-24-21-14-22(27-17-26-21)28-12-5-8-19(16-28)9-10-23(29)25-15-20-7-4-6-18(2)13-20/h4,6-7,13-14,17,19H,3,5,8-12,15-16H2,1-2H3,(H,25,29)(H,24,26,27). The van der Waals surface area contributed by atoms with E-state index in [1.165, 1.54) is 12.0 Å². The molecule has 1 aromatic heterocycles. The van der Waals surface area contributed by atoms with Gasteiger partial charge in [0.05, 0.1) is 0 Å². The average molecular weight is 396 g/mol. The highest BCUT2D eigenvalue weighted by Crippen LogP contribution is 2.25. The Morgan fingerprint density at radius 2 is 2.17 bits per heavy atom. The zero-order valence-electron chi connectivity index (χ0n) is 17.7. The zero-order chi connectivity index (χ0) is 20.5. The lowest BCUT2D eigenvalue weighted by Crippen LogP contribution is -2.36. The van der Waals surface area contributed by atoms with Gasteiger partial charge in [0.15, 0.2) is 0 Å². The Labute approximate surface area is 174 Å². The van der Waals surface area contributed by atoms with Crippen molar-refractivity contribution in [2.45, 2.75) is 52.5 Å². The van der Waals surface area contributed by atoms with Gasteiger partial charge in [0.2, 0.25) is 5.91 Å². The maximum atomic E-state index is 12.3. The van der Waals surface area contributed by atoms with Gasteiger partial charge in [0.1, 0.15) is 18.0 Å². The van der Waals surface area contributed by atoms with Crippen LogP contribution >= 0.6 is 0 Å². The van der Waals surface area contributed by atoms with E-state index >= 15 is 0 Å². The molecule has 0 aliphatic carbocycles. The number of carbonyl (C=O) groups excluding carboxylic acids is 1. The molecule has 2 heterocycles. The van der Waals surface area contributed by atoms with Crippen LogP contribution in [0.3, 0.4) is 0 Å². The molecule has 6 heteroatoms. The number of rotatable bonds is 9. The predicted molar refractivity (Wildman–Crippen MR) is 118 cm³/mol. The second kappa shape index (κ2) is 10.8. The van der Waals surface area contributed by atoms with Gasteiger partial charge in [0, 0.05) is 38.7 Å².